The summed E-state index contributed by atoms with van der Waals surface area (Å²) in [4.78, 5) is 68.7. The van der Waals surface area contributed by atoms with Gasteiger partial charge in [-0.25, -0.2) is 17.5 Å². The second kappa shape index (κ2) is 16.3. The van der Waals surface area contributed by atoms with Crippen LogP contribution in [0.3, 0.4) is 0 Å². The van der Waals surface area contributed by atoms with Gasteiger partial charge in [0.25, 0.3) is 33.2 Å². The number of non-ortho nitro benzene ring substituents is 2. The molecule has 1 unspecified atom stereocenters. The molecule has 0 N–H and O–H groups in total. The average Bonchev–Trinajstić information content (AvgIpc) is 3.93. The van der Waals surface area contributed by atoms with Crippen LogP contribution in [0.2, 0.25) is 0 Å². The predicted octanol–water partition coefficient (Wildman–Crippen LogP) is 8.66. The Hall–Kier alpha value is -6.70. The highest BCUT2D eigenvalue weighted by atomic mass is 32.2. The minimum atomic E-state index is -4.55. The minimum Gasteiger partial charge on any atom is -0.443 e. The highest BCUT2D eigenvalue weighted by Gasteiger charge is 2.75. The van der Waals surface area contributed by atoms with E-state index in [4.69, 9.17) is 4.74 Å². The van der Waals surface area contributed by atoms with Crippen LogP contribution in [0, 0.1) is 20.2 Å². The van der Waals surface area contributed by atoms with E-state index in [1.165, 1.54) is 62.1 Å². The van der Waals surface area contributed by atoms with Crippen LogP contribution in [-0.2, 0) is 41.3 Å². The van der Waals surface area contributed by atoms with E-state index in [1.807, 2.05) is 6.07 Å². The zero-order valence-electron chi connectivity index (χ0n) is 36.0. The number of amides is 2. The number of fused-ring (bicyclic) bond motifs is 6. The summed E-state index contributed by atoms with van der Waals surface area (Å²) in [6, 6.07) is 33.7. The highest BCUT2D eigenvalue weighted by Crippen LogP contribution is 2.66. The van der Waals surface area contributed by atoms with E-state index in [0.29, 0.717) is 33.2 Å². The lowest BCUT2D eigenvalue weighted by Crippen LogP contribution is -2.70. The van der Waals surface area contributed by atoms with Crippen molar-refractivity contribution in [3.05, 3.63) is 176 Å². The van der Waals surface area contributed by atoms with Gasteiger partial charge in [0.2, 0.25) is 0 Å². The van der Waals surface area contributed by atoms with Crippen LogP contribution >= 0.6 is 23.5 Å². The van der Waals surface area contributed by atoms with Gasteiger partial charge in [-0.2, -0.15) is 0 Å². The summed E-state index contributed by atoms with van der Waals surface area (Å²) in [7, 11) is -3.03. The average molecular weight is 947 g/mol. The van der Waals surface area contributed by atoms with Gasteiger partial charge >= 0.3 is 6.09 Å². The number of hydrogen-bond acceptors (Lipinski definition) is 12. The fourth-order valence-corrected chi connectivity index (χ4v) is 13.7. The summed E-state index contributed by atoms with van der Waals surface area (Å²) in [6.45, 7) is 5.24. The Morgan fingerprint density at radius 3 is 1.98 bits per heavy atom. The zero-order chi connectivity index (χ0) is 46.9. The topological polar surface area (TPSA) is 196 Å². The third kappa shape index (κ3) is 7.16. The lowest BCUT2D eigenvalue weighted by atomic mass is 9.72. The number of thioether (sulfide) groups is 2. The van der Waals surface area contributed by atoms with Crippen molar-refractivity contribution in [2.45, 2.75) is 71.0 Å². The van der Waals surface area contributed by atoms with Crippen LogP contribution in [0.5, 0.6) is 0 Å². The van der Waals surface area contributed by atoms with E-state index in [2.05, 4.69) is 0 Å². The summed E-state index contributed by atoms with van der Waals surface area (Å²) in [5.41, 5.74) is 0.328. The van der Waals surface area contributed by atoms with Crippen molar-refractivity contribution in [2.75, 3.05) is 11.4 Å². The zero-order valence-corrected chi connectivity index (χ0v) is 38.4. The van der Waals surface area contributed by atoms with Crippen molar-refractivity contribution in [3.8, 4) is 0 Å². The Kier molecular flexibility index (Phi) is 11.0. The van der Waals surface area contributed by atoms with Crippen LogP contribution in [0.4, 0.5) is 21.9 Å². The maximum atomic E-state index is 15.9. The summed E-state index contributed by atoms with van der Waals surface area (Å²) < 4.78 is 39.6. The highest BCUT2D eigenvalue weighted by molar-refractivity contribution is 8.01. The number of ether oxygens (including phenoxy) is 1. The number of nitrogens with zero attached hydrogens (tertiary/aromatic N) is 6. The maximum Gasteiger partial charge on any atom is 0.419 e. The first-order valence-electron chi connectivity index (χ1n) is 20.7. The minimum absolute atomic E-state index is 0.0557. The van der Waals surface area contributed by atoms with E-state index in [-0.39, 0.29) is 39.9 Å². The molecule has 2 amide bonds. The van der Waals surface area contributed by atoms with Gasteiger partial charge in [0.1, 0.15) is 11.8 Å². The smallest absolute Gasteiger partial charge is 0.419 e. The number of benzene rings is 5. The second-order valence-corrected chi connectivity index (χ2v) is 21.4. The number of piperazine rings is 1. The van der Waals surface area contributed by atoms with Crippen molar-refractivity contribution >= 4 is 79.4 Å². The molecular formula is C47H42N6O10S3. The molecule has 338 valence electrons. The molecule has 3 aliphatic rings. The van der Waals surface area contributed by atoms with E-state index in [0.717, 1.165) is 23.5 Å². The molecule has 0 radical (unpaired) electrons. The number of anilines is 1. The first kappa shape index (κ1) is 44.5. The SMILES string of the molecule is CN1C(=O)[C@@]2(SCc3ccc([N+](=O)[O-])cc3)C[C@]3(c4cn(C(=O)OC(C)(C)C)c5ccccc45)c4ccccc4N(S(=O)(=O)c4ccccc4)[C@@H]3N2C(=O)C1SCc1ccc([N+](=O)[O-])cc1. The van der Waals surface area contributed by atoms with Gasteiger partial charge in [0, 0.05) is 60.8 Å². The summed E-state index contributed by atoms with van der Waals surface area (Å²) in [5, 5.41) is 22.4. The summed E-state index contributed by atoms with van der Waals surface area (Å²) in [6.07, 6.45) is -0.647. The number of carbonyl (C=O) groups is 3. The maximum absolute atomic E-state index is 15.9. The lowest BCUT2D eigenvalue weighted by molar-refractivity contribution is -0.385. The van der Waals surface area contributed by atoms with Gasteiger partial charge in [0.15, 0.2) is 10.2 Å². The van der Waals surface area contributed by atoms with Crippen molar-refractivity contribution in [3.63, 3.8) is 0 Å². The fraction of sp³-hybridized carbons (Fsp3) is 0.255. The Labute approximate surface area is 387 Å². The molecule has 0 bridgehead atoms. The van der Waals surface area contributed by atoms with Crippen molar-refractivity contribution in [2.24, 2.45) is 0 Å². The summed E-state index contributed by atoms with van der Waals surface area (Å²) in [5.74, 6) is -0.815. The van der Waals surface area contributed by atoms with Crippen LogP contribution in [0.1, 0.15) is 49.4 Å². The predicted molar refractivity (Wildman–Crippen MR) is 250 cm³/mol. The molecule has 19 heteroatoms. The number of para-hydroxylation sites is 2. The van der Waals surface area contributed by atoms with E-state index in [1.54, 1.807) is 112 Å². The standard InChI is InChI=1S/C47H42N6O10S3/c1-45(2,3)63-44(56)49-26-37(35-14-8-10-16-38(35)49)46-29-47(65-28-31-20-24-33(25-21-31)53(59)60)43(55)48(4)41(64-27-30-18-22-32(23-19-30)52(57)58)40(54)50(47)42(46)51(39-17-11-9-15-36(39)46)66(61,62)34-12-6-5-7-13-34/h5-26,41-42H,27-29H2,1-4H3/t41?,42-,46+,47-/m0/s1. The molecule has 2 fully saturated rings. The molecule has 1 aromatic heterocycles. The van der Waals surface area contributed by atoms with Gasteiger partial charge in [-0.15, -0.1) is 23.5 Å². The van der Waals surface area contributed by atoms with Gasteiger partial charge in [-0.3, -0.25) is 39.3 Å². The molecule has 4 heterocycles. The summed E-state index contributed by atoms with van der Waals surface area (Å²) >= 11 is 2.25. The first-order chi connectivity index (χ1) is 31.4. The quantitative estimate of drug-likeness (QED) is 0.0887. The molecule has 0 aliphatic carbocycles. The monoisotopic (exact) mass is 946 g/mol. The van der Waals surface area contributed by atoms with E-state index in [9.17, 15) is 25.0 Å². The van der Waals surface area contributed by atoms with Crippen LogP contribution < -0.4 is 4.31 Å². The third-order valence-corrected chi connectivity index (χ3v) is 16.7. The van der Waals surface area contributed by atoms with E-state index < -0.39 is 65.2 Å². The second-order valence-electron chi connectivity index (χ2n) is 17.3. The first-order valence-corrected chi connectivity index (χ1v) is 24.2. The van der Waals surface area contributed by atoms with E-state index >= 15 is 18.0 Å². The normalized spacial score (nSPS) is 21.4. The number of hydrogen-bond donors (Lipinski definition) is 0. The van der Waals surface area contributed by atoms with Crippen molar-refractivity contribution in [1.29, 1.82) is 0 Å². The Morgan fingerprint density at radius 1 is 0.788 bits per heavy atom. The fourth-order valence-electron chi connectivity index (χ4n) is 9.35. The number of nitro groups is 2. The molecule has 9 rings (SSSR count). The molecule has 16 nitrogen and oxygen atoms in total. The molecule has 0 spiro atoms. The third-order valence-electron chi connectivity index (χ3n) is 12.2. The molecule has 4 atom stereocenters. The number of carbonyl (C=O) groups excluding carboxylic acids is 3. The Balaban J connectivity index is 1.29. The number of nitro benzene ring substituents is 2. The number of rotatable bonds is 11. The van der Waals surface area contributed by atoms with Crippen LogP contribution in [-0.4, -0.2) is 79.6 Å². The molecule has 2 saturated heterocycles. The number of likely N-dealkylation sites (N-methyl/N-ethyl adjacent to an activating group) is 1. The largest absolute Gasteiger partial charge is 0.443 e. The Morgan fingerprint density at radius 2 is 1.36 bits per heavy atom. The van der Waals surface area contributed by atoms with Crippen molar-refractivity contribution < 1.29 is 37.4 Å². The molecule has 0 saturated carbocycles. The van der Waals surface area contributed by atoms with Gasteiger partial charge in [0.05, 0.1) is 31.4 Å². The molecule has 3 aliphatic heterocycles. The van der Waals surface area contributed by atoms with Gasteiger partial charge in [-0.05, 0) is 67.3 Å². The molecule has 66 heavy (non-hydrogen) atoms. The molecule has 5 aromatic carbocycles. The lowest BCUT2D eigenvalue weighted by Gasteiger charge is -2.50. The van der Waals surface area contributed by atoms with Gasteiger partial charge in [-0.1, -0.05) is 78.9 Å². The van der Waals surface area contributed by atoms with Crippen LogP contribution in [0.15, 0.2) is 138 Å². The molecule has 6 aromatic rings. The van der Waals surface area contributed by atoms with Crippen LogP contribution in [0.25, 0.3) is 10.9 Å². The van der Waals surface area contributed by atoms with Gasteiger partial charge < -0.3 is 9.64 Å². The van der Waals surface area contributed by atoms with Crippen molar-refractivity contribution in [1.82, 2.24) is 14.4 Å². The molecular weight excluding hydrogens is 905 g/mol. The number of aromatic nitrogens is 1. The number of sulfonamides is 1. The Bertz CT molecular complexity index is 3070.